The number of Topliss-reactive ketones (excluding diaryl/α,β-unsaturated/α-hetero) is 1. The molecule has 0 spiro atoms. The lowest BCUT2D eigenvalue weighted by Crippen LogP contribution is -2.46. The van der Waals surface area contributed by atoms with Crippen molar-refractivity contribution in [2.75, 3.05) is 26.9 Å². The predicted molar refractivity (Wildman–Crippen MR) is 61.4 cm³/mol. The molecule has 104 valence electrons. The molecule has 5 N–H and O–H groups in total. The molecule has 0 aromatic heterocycles. The van der Waals surface area contributed by atoms with Crippen molar-refractivity contribution in [2.45, 2.75) is 24.5 Å². The van der Waals surface area contributed by atoms with Crippen LogP contribution in [0.5, 0.6) is 0 Å². The summed E-state index contributed by atoms with van der Waals surface area (Å²) in [5.74, 6) is -0.377. The van der Waals surface area contributed by atoms with Gasteiger partial charge in [0.2, 0.25) is 5.78 Å². The molecule has 0 aromatic rings. The molecule has 1 unspecified atom stereocenters. The molecule has 1 atom stereocenters. The lowest BCUT2D eigenvalue weighted by molar-refractivity contribution is -0.127. The largest absolute Gasteiger partial charge is 0.491 e. The number of methoxy groups -OCH3 is 1. The fraction of sp³-hybridized carbons (Fsp3) is 0.727. The summed E-state index contributed by atoms with van der Waals surface area (Å²) < 4.78 is 4.96. The monoisotopic (exact) mass is 261 g/mol. The summed E-state index contributed by atoms with van der Waals surface area (Å²) in [5.41, 5.74) is -1.25. The molecule has 0 aromatic carbocycles. The fourth-order valence-electron chi connectivity index (χ4n) is 1.88. The Labute approximate surface area is 105 Å². The molecule has 7 nitrogen and oxygen atoms in total. The molecule has 0 bridgehead atoms. The molecule has 1 aliphatic carbocycles. The van der Waals surface area contributed by atoms with E-state index < -0.39 is 24.0 Å². The van der Waals surface area contributed by atoms with Gasteiger partial charge in [0.25, 0.3) is 0 Å². The second-order valence-corrected chi connectivity index (χ2v) is 4.38. The smallest absolute Gasteiger partial charge is 0.202 e. The zero-order chi connectivity index (χ0) is 13.8. The molecule has 7 heteroatoms. The second kappa shape index (κ2) is 6.14. The first kappa shape index (κ1) is 14.9. The standard InChI is InChI=1S/C11H19NO6/c1-18-10-8(12-7(4-13)5-14)2-11(17,6-15)3-9(10)16/h7,12-15,17H,2-6H2,1H3. The number of aliphatic hydroxyl groups is 4. The van der Waals surface area contributed by atoms with Crippen molar-refractivity contribution in [2.24, 2.45) is 0 Å². The van der Waals surface area contributed by atoms with Crippen LogP contribution in [0.2, 0.25) is 0 Å². The highest BCUT2D eigenvalue weighted by atomic mass is 16.5. The molecular weight excluding hydrogens is 242 g/mol. The van der Waals surface area contributed by atoms with Crippen molar-refractivity contribution in [3.8, 4) is 0 Å². The Balaban J connectivity index is 2.97. The number of aliphatic hydroxyl groups excluding tert-OH is 3. The first-order chi connectivity index (χ1) is 8.49. The zero-order valence-corrected chi connectivity index (χ0v) is 10.2. The van der Waals surface area contributed by atoms with E-state index in [0.29, 0.717) is 0 Å². The van der Waals surface area contributed by atoms with Crippen molar-refractivity contribution >= 4 is 5.78 Å². The van der Waals surface area contributed by atoms with Crippen LogP contribution in [-0.2, 0) is 9.53 Å². The Bertz CT molecular complexity index is 338. The van der Waals surface area contributed by atoms with E-state index in [1.807, 2.05) is 0 Å². The number of carbonyl (C=O) groups is 1. The van der Waals surface area contributed by atoms with Crippen LogP contribution in [0.15, 0.2) is 11.5 Å². The van der Waals surface area contributed by atoms with Crippen molar-refractivity contribution < 1.29 is 30.0 Å². The van der Waals surface area contributed by atoms with Crippen LogP contribution in [0.25, 0.3) is 0 Å². The van der Waals surface area contributed by atoms with E-state index in [1.54, 1.807) is 0 Å². The van der Waals surface area contributed by atoms with Crippen LogP contribution in [-0.4, -0.2) is 64.8 Å². The summed E-state index contributed by atoms with van der Waals surface area (Å²) in [7, 11) is 1.32. The van der Waals surface area contributed by atoms with Gasteiger partial charge in [-0.3, -0.25) is 4.79 Å². The molecule has 0 saturated carbocycles. The molecule has 18 heavy (non-hydrogen) atoms. The Morgan fingerprint density at radius 3 is 2.39 bits per heavy atom. The number of hydrogen-bond donors (Lipinski definition) is 5. The number of ether oxygens (including phenoxy) is 1. The van der Waals surface area contributed by atoms with Crippen LogP contribution < -0.4 is 5.32 Å². The SMILES string of the molecule is COC1=C(NC(CO)CO)CC(O)(CO)CC1=O. The number of allylic oxidation sites excluding steroid dienone is 1. The van der Waals surface area contributed by atoms with Gasteiger partial charge in [-0.05, 0) is 0 Å². The normalized spacial score (nSPS) is 24.7. The van der Waals surface area contributed by atoms with Gasteiger partial charge in [0.05, 0.1) is 38.7 Å². The number of rotatable bonds is 6. The van der Waals surface area contributed by atoms with E-state index in [1.165, 1.54) is 7.11 Å². The molecule has 0 heterocycles. The first-order valence-electron chi connectivity index (χ1n) is 5.61. The molecular formula is C11H19NO6. The molecule has 0 amide bonds. The number of nitrogens with one attached hydrogen (secondary N) is 1. The third-order valence-corrected chi connectivity index (χ3v) is 2.84. The predicted octanol–water partition coefficient (Wildman–Crippen LogP) is -2.13. The average molecular weight is 261 g/mol. The minimum atomic E-state index is -1.53. The topological polar surface area (TPSA) is 119 Å². The molecule has 1 aliphatic rings. The van der Waals surface area contributed by atoms with Gasteiger partial charge >= 0.3 is 0 Å². The lowest BCUT2D eigenvalue weighted by Gasteiger charge is -2.33. The van der Waals surface area contributed by atoms with Gasteiger partial charge in [-0.25, -0.2) is 0 Å². The Morgan fingerprint density at radius 1 is 1.33 bits per heavy atom. The summed E-state index contributed by atoms with van der Waals surface area (Å²) in [4.78, 5) is 11.7. The number of hydrogen-bond acceptors (Lipinski definition) is 7. The molecule has 0 radical (unpaired) electrons. The van der Waals surface area contributed by atoms with E-state index in [9.17, 15) is 9.90 Å². The average Bonchev–Trinajstić information content (AvgIpc) is 2.35. The minimum Gasteiger partial charge on any atom is -0.491 e. The van der Waals surface area contributed by atoms with Crippen LogP contribution in [0.3, 0.4) is 0 Å². The van der Waals surface area contributed by atoms with Crippen LogP contribution in [0.1, 0.15) is 12.8 Å². The molecule has 1 rings (SSSR count). The quantitative estimate of drug-likeness (QED) is 0.370. The summed E-state index contributed by atoms with van der Waals surface area (Å²) in [5, 5.41) is 39.8. The number of ketones is 1. The van der Waals surface area contributed by atoms with Gasteiger partial charge in [0.1, 0.15) is 5.60 Å². The zero-order valence-electron chi connectivity index (χ0n) is 10.2. The van der Waals surface area contributed by atoms with Crippen molar-refractivity contribution in [3.63, 3.8) is 0 Å². The van der Waals surface area contributed by atoms with Crippen LogP contribution in [0.4, 0.5) is 0 Å². The first-order valence-corrected chi connectivity index (χ1v) is 5.61. The third kappa shape index (κ3) is 3.20. The van der Waals surface area contributed by atoms with Gasteiger partial charge in [-0.2, -0.15) is 0 Å². The van der Waals surface area contributed by atoms with Gasteiger partial charge < -0.3 is 30.5 Å². The molecule has 0 aliphatic heterocycles. The van der Waals surface area contributed by atoms with E-state index in [0.717, 1.165) is 0 Å². The summed E-state index contributed by atoms with van der Waals surface area (Å²) in [6.45, 7) is -1.21. The van der Waals surface area contributed by atoms with Gasteiger partial charge in [0, 0.05) is 12.8 Å². The maximum absolute atomic E-state index is 11.7. The maximum Gasteiger partial charge on any atom is 0.202 e. The van der Waals surface area contributed by atoms with Crippen molar-refractivity contribution in [1.82, 2.24) is 5.32 Å². The molecule has 0 fully saturated rings. The van der Waals surface area contributed by atoms with Gasteiger partial charge in [-0.15, -0.1) is 0 Å². The van der Waals surface area contributed by atoms with E-state index in [2.05, 4.69) is 5.32 Å². The Kier molecular flexibility index (Phi) is 5.09. The van der Waals surface area contributed by atoms with Crippen LogP contribution >= 0.6 is 0 Å². The summed E-state index contributed by atoms with van der Waals surface area (Å²) in [6, 6.07) is -0.654. The van der Waals surface area contributed by atoms with Gasteiger partial charge in [0.15, 0.2) is 5.76 Å². The summed E-state index contributed by atoms with van der Waals surface area (Å²) >= 11 is 0. The van der Waals surface area contributed by atoms with E-state index in [-0.39, 0.29) is 37.5 Å². The lowest BCUT2D eigenvalue weighted by atomic mass is 9.86. The number of carbonyl (C=O) groups excluding carboxylic acids is 1. The third-order valence-electron chi connectivity index (χ3n) is 2.84. The highest BCUT2D eigenvalue weighted by Gasteiger charge is 2.39. The minimum absolute atomic E-state index is 0.00505. The fourth-order valence-corrected chi connectivity index (χ4v) is 1.88. The Morgan fingerprint density at radius 2 is 1.94 bits per heavy atom. The van der Waals surface area contributed by atoms with Crippen LogP contribution in [0, 0.1) is 0 Å². The van der Waals surface area contributed by atoms with E-state index >= 15 is 0 Å². The summed E-state index contributed by atoms with van der Waals surface area (Å²) in [6.07, 6.45) is -0.227. The second-order valence-electron chi connectivity index (χ2n) is 4.38. The highest BCUT2D eigenvalue weighted by molar-refractivity contribution is 5.95. The van der Waals surface area contributed by atoms with Crippen molar-refractivity contribution in [3.05, 3.63) is 11.5 Å². The van der Waals surface area contributed by atoms with Gasteiger partial charge in [-0.1, -0.05) is 0 Å². The Hall–Kier alpha value is -1.15. The molecule has 0 saturated heterocycles. The van der Waals surface area contributed by atoms with E-state index in [4.69, 9.17) is 20.1 Å². The maximum atomic E-state index is 11.7. The van der Waals surface area contributed by atoms with Crippen molar-refractivity contribution in [1.29, 1.82) is 0 Å². The highest BCUT2D eigenvalue weighted by Crippen LogP contribution is 2.29.